The van der Waals surface area contributed by atoms with Gasteiger partial charge in [0.1, 0.15) is 5.76 Å². The fraction of sp³-hybridized carbons (Fsp3) is 0.0857. The lowest BCUT2D eigenvalue weighted by Crippen LogP contribution is -2.09. The lowest BCUT2D eigenvalue weighted by atomic mass is 10.1. The second kappa shape index (κ2) is 11.5. The predicted molar refractivity (Wildman–Crippen MR) is 165 cm³/mol. The number of carbonyl (C=O) groups excluding carboxylic acids is 1. The molecule has 0 atom stereocenters. The first-order valence-electron chi connectivity index (χ1n) is 13.5. The molecule has 0 aliphatic rings. The van der Waals surface area contributed by atoms with E-state index in [1.165, 1.54) is 7.11 Å². The summed E-state index contributed by atoms with van der Waals surface area (Å²) in [5, 5.41) is 0. The van der Waals surface area contributed by atoms with Crippen LogP contribution in [-0.2, 0) is 4.74 Å². The molecule has 0 fully saturated rings. The van der Waals surface area contributed by atoms with Crippen molar-refractivity contribution in [1.82, 2.24) is 4.98 Å². The van der Waals surface area contributed by atoms with Gasteiger partial charge in [0.05, 0.1) is 7.11 Å². The maximum Gasteiger partial charge on any atom is 0.360 e. The highest BCUT2D eigenvalue weighted by atomic mass is 16.5. The number of furan rings is 1. The van der Waals surface area contributed by atoms with Crippen LogP contribution in [0, 0.1) is 0 Å². The Bertz CT molecular complexity index is 1750. The number of rotatable bonds is 8. The summed E-state index contributed by atoms with van der Waals surface area (Å²) in [6, 6.07) is 40.0. The zero-order valence-electron chi connectivity index (χ0n) is 23.5. The third-order valence-electron chi connectivity index (χ3n) is 6.91. The van der Waals surface area contributed by atoms with Crippen LogP contribution in [0.5, 0.6) is 0 Å². The van der Waals surface area contributed by atoms with Crippen LogP contribution in [0.3, 0.4) is 0 Å². The van der Waals surface area contributed by atoms with E-state index in [0.717, 1.165) is 28.3 Å². The Morgan fingerprint density at radius 1 is 0.619 bits per heavy atom. The van der Waals surface area contributed by atoms with E-state index in [1.54, 1.807) is 6.07 Å². The molecule has 0 bridgehead atoms. The summed E-state index contributed by atoms with van der Waals surface area (Å²) in [7, 11) is 5.25. The Morgan fingerprint density at radius 3 is 1.71 bits per heavy atom. The van der Waals surface area contributed by atoms with E-state index < -0.39 is 5.97 Å². The van der Waals surface area contributed by atoms with Crippen molar-refractivity contribution in [3.8, 4) is 34.3 Å². The number of hydrogen-bond donors (Lipinski definition) is 0. The second-order valence-electron chi connectivity index (χ2n) is 9.85. The quantitative estimate of drug-likeness (QED) is 0.174. The van der Waals surface area contributed by atoms with Gasteiger partial charge in [0, 0.05) is 48.0 Å². The molecule has 42 heavy (non-hydrogen) atoms. The fourth-order valence-corrected chi connectivity index (χ4v) is 4.75. The number of ether oxygens (including phenoxy) is 1. The zero-order chi connectivity index (χ0) is 29.1. The summed E-state index contributed by atoms with van der Waals surface area (Å²) >= 11 is 0. The standard InChI is InChI=1S/C35H29N3O4/c1-37(2)26-18-16-25(17-19-26)33-32(35(39)40-3)36-34(42-33)31-23-22-30(41-31)24-14-20-29(21-15-24)38(27-10-6-4-7-11-27)28-12-8-5-9-13-28/h4-23H,1-3H3. The minimum absolute atomic E-state index is 0.0920. The number of methoxy groups -OCH3 is 1. The molecule has 0 aliphatic carbocycles. The van der Waals surface area contributed by atoms with E-state index in [4.69, 9.17) is 13.6 Å². The van der Waals surface area contributed by atoms with Gasteiger partial charge < -0.3 is 23.4 Å². The van der Waals surface area contributed by atoms with Gasteiger partial charge in [-0.2, -0.15) is 4.98 Å². The van der Waals surface area contributed by atoms with Crippen molar-refractivity contribution in [2.75, 3.05) is 31.0 Å². The molecule has 0 N–H and O–H groups in total. The van der Waals surface area contributed by atoms with Gasteiger partial charge in [0.25, 0.3) is 5.89 Å². The molecule has 4 aromatic carbocycles. The average molecular weight is 556 g/mol. The maximum atomic E-state index is 12.6. The molecule has 0 amide bonds. The molecule has 2 aromatic heterocycles. The van der Waals surface area contributed by atoms with Crippen molar-refractivity contribution < 1.29 is 18.4 Å². The Kier molecular flexibility index (Phi) is 7.30. The van der Waals surface area contributed by atoms with Gasteiger partial charge in [0.15, 0.2) is 17.2 Å². The van der Waals surface area contributed by atoms with E-state index in [1.807, 2.05) is 97.9 Å². The molecular weight excluding hydrogens is 526 g/mol. The van der Waals surface area contributed by atoms with Crippen molar-refractivity contribution in [2.24, 2.45) is 0 Å². The Balaban J connectivity index is 1.30. The largest absolute Gasteiger partial charge is 0.464 e. The highest BCUT2D eigenvalue weighted by Crippen LogP contribution is 2.37. The topological polar surface area (TPSA) is 72.0 Å². The van der Waals surface area contributed by atoms with Gasteiger partial charge in [0.2, 0.25) is 0 Å². The molecule has 0 spiro atoms. The molecule has 0 saturated carbocycles. The van der Waals surface area contributed by atoms with Gasteiger partial charge in [-0.15, -0.1) is 0 Å². The Hall–Kier alpha value is -5.56. The first-order chi connectivity index (χ1) is 20.5. The monoisotopic (exact) mass is 555 g/mol. The van der Waals surface area contributed by atoms with Crippen LogP contribution >= 0.6 is 0 Å². The van der Waals surface area contributed by atoms with Crippen LogP contribution in [0.2, 0.25) is 0 Å². The fourth-order valence-electron chi connectivity index (χ4n) is 4.75. The van der Waals surface area contributed by atoms with E-state index in [2.05, 4.69) is 46.3 Å². The number of anilines is 4. The van der Waals surface area contributed by atoms with Gasteiger partial charge in [-0.1, -0.05) is 36.4 Å². The summed E-state index contributed by atoms with van der Waals surface area (Å²) in [6.45, 7) is 0. The average Bonchev–Trinajstić information content (AvgIpc) is 3.71. The van der Waals surface area contributed by atoms with Crippen molar-refractivity contribution in [1.29, 1.82) is 0 Å². The van der Waals surface area contributed by atoms with Crippen LogP contribution in [-0.4, -0.2) is 32.2 Å². The number of para-hydroxylation sites is 2. The summed E-state index contributed by atoms with van der Waals surface area (Å²) in [5.41, 5.74) is 5.87. The number of carbonyl (C=O) groups is 1. The van der Waals surface area contributed by atoms with E-state index in [9.17, 15) is 4.79 Å². The predicted octanol–water partition coefficient (Wildman–Crippen LogP) is 8.59. The molecule has 7 heteroatoms. The summed E-state index contributed by atoms with van der Waals surface area (Å²) in [4.78, 5) is 21.2. The lowest BCUT2D eigenvalue weighted by molar-refractivity contribution is 0.0595. The molecule has 0 radical (unpaired) electrons. The van der Waals surface area contributed by atoms with Gasteiger partial charge in [-0.25, -0.2) is 4.79 Å². The lowest BCUT2D eigenvalue weighted by Gasteiger charge is -2.25. The number of benzene rings is 4. The van der Waals surface area contributed by atoms with Crippen LogP contribution in [0.25, 0.3) is 34.3 Å². The van der Waals surface area contributed by atoms with E-state index in [0.29, 0.717) is 22.8 Å². The number of esters is 1. The smallest absolute Gasteiger partial charge is 0.360 e. The molecule has 6 rings (SSSR count). The zero-order valence-corrected chi connectivity index (χ0v) is 23.5. The second-order valence-corrected chi connectivity index (χ2v) is 9.85. The van der Waals surface area contributed by atoms with Crippen molar-refractivity contribution in [2.45, 2.75) is 0 Å². The minimum Gasteiger partial charge on any atom is -0.464 e. The number of nitrogens with zero attached hydrogens (tertiary/aromatic N) is 3. The molecule has 7 nitrogen and oxygen atoms in total. The molecule has 208 valence electrons. The van der Waals surface area contributed by atoms with Crippen LogP contribution in [0.15, 0.2) is 130 Å². The molecule has 0 saturated heterocycles. The third kappa shape index (κ3) is 5.28. The number of oxazole rings is 1. The van der Waals surface area contributed by atoms with Crippen molar-refractivity contribution >= 4 is 28.7 Å². The first-order valence-corrected chi connectivity index (χ1v) is 13.5. The normalized spacial score (nSPS) is 10.8. The van der Waals surface area contributed by atoms with Gasteiger partial charge in [-0.3, -0.25) is 0 Å². The van der Waals surface area contributed by atoms with Crippen molar-refractivity contribution in [3.63, 3.8) is 0 Å². The number of hydrogen-bond acceptors (Lipinski definition) is 7. The summed E-state index contributed by atoms with van der Waals surface area (Å²) in [5.74, 6) is 0.999. The van der Waals surface area contributed by atoms with Gasteiger partial charge in [-0.05, 0) is 84.9 Å². The SMILES string of the molecule is COC(=O)c1nc(-c2ccc(-c3ccc(N(c4ccccc4)c4ccccc4)cc3)o2)oc1-c1ccc(N(C)C)cc1. The van der Waals surface area contributed by atoms with Crippen LogP contribution < -0.4 is 9.80 Å². The maximum absolute atomic E-state index is 12.6. The minimum atomic E-state index is -0.583. The van der Waals surface area contributed by atoms with E-state index in [-0.39, 0.29) is 11.6 Å². The van der Waals surface area contributed by atoms with E-state index >= 15 is 0 Å². The highest BCUT2D eigenvalue weighted by Gasteiger charge is 2.24. The molecule has 0 aliphatic heterocycles. The number of aromatic nitrogens is 1. The Morgan fingerprint density at radius 2 is 1.14 bits per heavy atom. The van der Waals surface area contributed by atoms with Crippen molar-refractivity contribution in [3.05, 3.63) is 127 Å². The molecule has 0 unspecified atom stereocenters. The first kappa shape index (κ1) is 26.7. The molecule has 2 heterocycles. The summed E-state index contributed by atoms with van der Waals surface area (Å²) < 4.78 is 17.2. The van der Waals surface area contributed by atoms with Gasteiger partial charge >= 0.3 is 5.97 Å². The Labute approximate surface area is 244 Å². The highest BCUT2D eigenvalue weighted by molar-refractivity contribution is 5.94. The molecular formula is C35H29N3O4. The third-order valence-corrected chi connectivity index (χ3v) is 6.91. The molecule has 6 aromatic rings. The summed E-state index contributed by atoms with van der Waals surface area (Å²) in [6.07, 6.45) is 0. The van der Waals surface area contributed by atoms with Crippen LogP contribution in [0.1, 0.15) is 10.5 Å². The van der Waals surface area contributed by atoms with Crippen LogP contribution in [0.4, 0.5) is 22.7 Å².